The number of benzene rings is 1. The van der Waals surface area contributed by atoms with Crippen molar-refractivity contribution >= 4 is 34.1 Å². The summed E-state index contributed by atoms with van der Waals surface area (Å²) in [7, 11) is 2.17. The Bertz CT molecular complexity index is 1230. The highest BCUT2D eigenvalue weighted by Gasteiger charge is 2.21. The second-order valence-corrected chi connectivity index (χ2v) is 8.49. The monoisotopic (exact) mass is 435 g/mol. The molecule has 5 nitrogen and oxygen atoms in total. The molecule has 31 heavy (non-hydrogen) atoms. The molecule has 0 unspecified atom stereocenters. The number of anilines is 2. The van der Waals surface area contributed by atoms with Gasteiger partial charge in [0.25, 0.3) is 0 Å². The van der Waals surface area contributed by atoms with Crippen molar-refractivity contribution in [1.82, 2.24) is 19.9 Å². The molecule has 0 spiro atoms. The van der Waals surface area contributed by atoms with Crippen molar-refractivity contribution in [1.29, 1.82) is 0 Å². The third-order valence-electron chi connectivity index (χ3n) is 5.91. The summed E-state index contributed by atoms with van der Waals surface area (Å²) in [6.07, 6.45) is 4.03. The number of hydrogen-bond acceptors (Lipinski definition) is 4. The maximum Gasteiger partial charge on any atom is 0.138 e. The number of aromatic nitrogens is 3. The molecular formula is C24H23ClFN5. The van der Waals surface area contributed by atoms with Crippen molar-refractivity contribution in [2.75, 3.05) is 25.5 Å². The summed E-state index contributed by atoms with van der Waals surface area (Å²) in [6, 6.07) is 14.0. The largest absolute Gasteiger partial charge is 0.343 e. The molecule has 3 aromatic heterocycles. The second kappa shape index (κ2) is 8.29. The van der Waals surface area contributed by atoms with Crippen LogP contribution in [0.5, 0.6) is 0 Å². The highest BCUT2D eigenvalue weighted by molar-refractivity contribution is 6.33. The average molecular weight is 436 g/mol. The molecule has 1 aliphatic rings. The van der Waals surface area contributed by atoms with E-state index in [0.717, 1.165) is 42.5 Å². The van der Waals surface area contributed by atoms with Crippen molar-refractivity contribution in [2.24, 2.45) is 0 Å². The van der Waals surface area contributed by atoms with E-state index in [1.807, 2.05) is 12.1 Å². The number of hydrogen-bond donors (Lipinski definition) is 2. The van der Waals surface area contributed by atoms with Crippen LogP contribution in [0.3, 0.4) is 0 Å². The number of aromatic amines is 1. The van der Waals surface area contributed by atoms with Gasteiger partial charge in [0.1, 0.15) is 17.3 Å². The number of nitrogens with zero attached hydrogens (tertiary/aromatic N) is 3. The van der Waals surface area contributed by atoms with Gasteiger partial charge in [0, 0.05) is 34.4 Å². The van der Waals surface area contributed by atoms with E-state index in [2.05, 4.69) is 33.3 Å². The van der Waals surface area contributed by atoms with Gasteiger partial charge in [-0.25, -0.2) is 14.4 Å². The van der Waals surface area contributed by atoms with Crippen molar-refractivity contribution in [2.45, 2.75) is 18.8 Å². The minimum Gasteiger partial charge on any atom is -0.343 e. The van der Waals surface area contributed by atoms with Crippen LogP contribution in [-0.4, -0.2) is 40.0 Å². The summed E-state index contributed by atoms with van der Waals surface area (Å²) in [6.45, 7) is 2.20. The number of likely N-dealkylation sites (tertiary alicyclic amines) is 1. The van der Waals surface area contributed by atoms with Gasteiger partial charge in [-0.15, -0.1) is 0 Å². The van der Waals surface area contributed by atoms with E-state index in [1.165, 1.54) is 17.8 Å². The Labute approximate surface area is 185 Å². The first kappa shape index (κ1) is 20.0. The zero-order valence-electron chi connectivity index (χ0n) is 17.2. The van der Waals surface area contributed by atoms with E-state index in [-0.39, 0.29) is 5.82 Å². The highest BCUT2D eigenvalue weighted by atomic mass is 35.5. The third kappa shape index (κ3) is 4.13. The Balaban J connectivity index is 1.51. The fourth-order valence-corrected chi connectivity index (χ4v) is 4.42. The molecule has 5 rings (SSSR count). The van der Waals surface area contributed by atoms with Crippen LogP contribution >= 0.6 is 11.6 Å². The van der Waals surface area contributed by atoms with Gasteiger partial charge in [0.05, 0.1) is 10.7 Å². The Morgan fingerprint density at radius 3 is 2.77 bits per heavy atom. The fraction of sp³-hybridized carbons (Fsp3) is 0.250. The Hall–Kier alpha value is -2.96. The molecule has 158 valence electrons. The zero-order chi connectivity index (χ0) is 21.4. The average Bonchev–Trinajstić information content (AvgIpc) is 3.20. The van der Waals surface area contributed by atoms with Gasteiger partial charge in [-0.2, -0.15) is 0 Å². The van der Waals surface area contributed by atoms with E-state index in [0.29, 0.717) is 28.1 Å². The first-order valence-corrected chi connectivity index (χ1v) is 10.8. The summed E-state index contributed by atoms with van der Waals surface area (Å²) < 4.78 is 13.5. The Morgan fingerprint density at radius 1 is 1.13 bits per heavy atom. The molecule has 1 saturated heterocycles. The lowest BCUT2D eigenvalue weighted by molar-refractivity contribution is 0.254. The number of rotatable bonds is 4. The molecule has 1 aliphatic heterocycles. The van der Waals surface area contributed by atoms with Crippen molar-refractivity contribution in [3.63, 3.8) is 0 Å². The summed E-state index contributed by atoms with van der Waals surface area (Å²) in [5, 5.41) is 4.72. The lowest BCUT2D eigenvalue weighted by atomic mass is 9.93. The second-order valence-electron chi connectivity index (χ2n) is 8.09. The van der Waals surface area contributed by atoms with Crippen LogP contribution in [0.2, 0.25) is 5.02 Å². The fourth-order valence-electron chi connectivity index (χ4n) is 4.21. The Kier molecular flexibility index (Phi) is 5.34. The summed E-state index contributed by atoms with van der Waals surface area (Å²) in [4.78, 5) is 15.1. The van der Waals surface area contributed by atoms with Crippen LogP contribution in [0, 0.1) is 5.82 Å². The first-order valence-electron chi connectivity index (χ1n) is 10.4. The topological polar surface area (TPSA) is 56.8 Å². The molecule has 0 saturated carbocycles. The van der Waals surface area contributed by atoms with Crippen LogP contribution in [0.25, 0.3) is 22.3 Å². The lowest BCUT2D eigenvalue weighted by Crippen LogP contribution is -2.29. The predicted molar refractivity (Wildman–Crippen MR) is 123 cm³/mol. The number of piperidine rings is 1. The van der Waals surface area contributed by atoms with Gasteiger partial charge in [0.2, 0.25) is 0 Å². The van der Waals surface area contributed by atoms with E-state index in [1.54, 1.807) is 24.4 Å². The van der Waals surface area contributed by atoms with Gasteiger partial charge >= 0.3 is 0 Å². The third-order valence-corrected chi connectivity index (χ3v) is 6.21. The number of halogens is 2. The first-order chi connectivity index (χ1) is 15.1. The van der Waals surface area contributed by atoms with Crippen LogP contribution in [-0.2, 0) is 0 Å². The van der Waals surface area contributed by atoms with Crippen LogP contribution < -0.4 is 5.32 Å². The summed E-state index contributed by atoms with van der Waals surface area (Å²) in [5.74, 6) is 0.799. The molecule has 0 bridgehead atoms. The molecule has 0 aliphatic carbocycles. The minimum atomic E-state index is -0.302. The van der Waals surface area contributed by atoms with E-state index < -0.39 is 0 Å². The van der Waals surface area contributed by atoms with Gasteiger partial charge < -0.3 is 15.2 Å². The van der Waals surface area contributed by atoms with E-state index in [9.17, 15) is 4.39 Å². The number of fused-ring (bicyclic) bond motifs is 1. The lowest BCUT2D eigenvalue weighted by Gasteiger charge is -2.28. The van der Waals surface area contributed by atoms with Crippen molar-refractivity contribution < 1.29 is 4.39 Å². The van der Waals surface area contributed by atoms with E-state index >= 15 is 0 Å². The molecule has 0 radical (unpaired) electrons. The number of nitrogens with one attached hydrogen (secondary N) is 2. The molecule has 4 heterocycles. The highest BCUT2D eigenvalue weighted by Crippen LogP contribution is 2.36. The quantitative estimate of drug-likeness (QED) is 0.414. The van der Waals surface area contributed by atoms with Gasteiger partial charge in [0.15, 0.2) is 0 Å². The number of pyridine rings is 2. The number of H-pyrrole nitrogens is 1. The SMILES string of the molecule is CN1CCC(c2cc3c(-c4nc(Nc5cccc(F)c5)ccc4Cl)ccnc3[nH]2)CC1. The molecule has 1 fully saturated rings. The van der Waals surface area contributed by atoms with Crippen LogP contribution in [0.4, 0.5) is 15.9 Å². The van der Waals surface area contributed by atoms with Crippen molar-refractivity contribution in [3.8, 4) is 11.3 Å². The molecule has 0 atom stereocenters. The maximum atomic E-state index is 13.5. The Morgan fingerprint density at radius 2 is 1.97 bits per heavy atom. The smallest absolute Gasteiger partial charge is 0.138 e. The molecule has 1 aromatic carbocycles. The van der Waals surface area contributed by atoms with Gasteiger partial charge in [-0.1, -0.05) is 17.7 Å². The molecular weight excluding hydrogens is 413 g/mol. The molecule has 7 heteroatoms. The maximum absolute atomic E-state index is 13.5. The zero-order valence-corrected chi connectivity index (χ0v) is 18.0. The molecule has 2 N–H and O–H groups in total. The standard InChI is InChI=1S/C24H23ClFN5/c1-31-11-8-15(9-12-31)21-14-19-18(7-10-27-24(19)29-21)23-20(25)5-6-22(30-23)28-17-4-2-3-16(26)13-17/h2-7,10,13-15H,8-9,11-12H2,1H3,(H,27,29)(H,28,30). The molecule has 0 amide bonds. The van der Waals surface area contributed by atoms with Crippen LogP contribution in [0.1, 0.15) is 24.5 Å². The summed E-state index contributed by atoms with van der Waals surface area (Å²) in [5.41, 5.74) is 4.28. The summed E-state index contributed by atoms with van der Waals surface area (Å²) >= 11 is 6.54. The molecule has 4 aromatic rings. The van der Waals surface area contributed by atoms with Gasteiger partial charge in [-0.05, 0) is 75.4 Å². The predicted octanol–water partition coefficient (Wildman–Crippen LogP) is 5.97. The van der Waals surface area contributed by atoms with Gasteiger partial charge in [-0.3, -0.25) is 0 Å². The van der Waals surface area contributed by atoms with Crippen LogP contribution in [0.15, 0.2) is 54.7 Å². The van der Waals surface area contributed by atoms with E-state index in [4.69, 9.17) is 16.6 Å². The minimum absolute atomic E-state index is 0.302. The van der Waals surface area contributed by atoms with Crippen molar-refractivity contribution in [3.05, 3.63) is 71.3 Å². The normalized spacial score (nSPS) is 15.5.